The Hall–Kier alpha value is -1.80. The van der Waals surface area contributed by atoms with Crippen LogP contribution in [0.3, 0.4) is 0 Å². The van der Waals surface area contributed by atoms with Crippen LogP contribution in [-0.4, -0.2) is 44.3 Å². The fourth-order valence-corrected chi connectivity index (χ4v) is 3.43. The van der Waals surface area contributed by atoms with Gasteiger partial charge in [0.1, 0.15) is 0 Å². The molecule has 0 aromatic heterocycles. The summed E-state index contributed by atoms with van der Waals surface area (Å²) in [6.07, 6.45) is 2.78. The number of rotatable bonds is 6. The van der Waals surface area contributed by atoms with Gasteiger partial charge < -0.3 is 14.8 Å². The molecule has 1 fully saturated rings. The van der Waals surface area contributed by atoms with Gasteiger partial charge in [-0.1, -0.05) is 6.07 Å². The van der Waals surface area contributed by atoms with E-state index in [4.69, 9.17) is 9.47 Å². The van der Waals surface area contributed by atoms with Crippen molar-refractivity contribution >= 4 is 15.9 Å². The first-order valence-corrected chi connectivity index (χ1v) is 8.90. The maximum absolute atomic E-state index is 12.0. The molecule has 120 valence electrons. The predicted molar refractivity (Wildman–Crippen MR) is 79.0 cm³/mol. The van der Waals surface area contributed by atoms with Crippen LogP contribution in [0.5, 0.6) is 11.5 Å². The first kappa shape index (κ1) is 15.1. The van der Waals surface area contributed by atoms with Gasteiger partial charge in [-0.25, -0.2) is 8.42 Å². The van der Waals surface area contributed by atoms with Gasteiger partial charge >= 0.3 is 0 Å². The standard InChI is InChI=1S/C14H18N2O5S/c1-22(18,19)16(11-3-4-11)8-14(17)15-7-10-2-5-12-13(6-10)21-9-20-12/h2,5-6,11H,3-4,7-9H2,1H3,(H,15,17). The number of hydrogen-bond donors (Lipinski definition) is 1. The van der Waals surface area contributed by atoms with Gasteiger partial charge in [-0.15, -0.1) is 0 Å². The van der Waals surface area contributed by atoms with Crippen LogP contribution in [0.2, 0.25) is 0 Å². The van der Waals surface area contributed by atoms with Crippen molar-refractivity contribution in [3.63, 3.8) is 0 Å². The van der Waals surface area contributed by atoms with E-state index in [1.807, 2.05) is 6.07 Å². The van der Waals surface area contributed by atoms with Gasteiger partial charge in [-0.05, 0) is 30.5 Å². The summed E-state index contributed by atoms with van der Waals surface area (Å²) >= 11 is 0. The van der Waals surface area contributed by atoms with E-state index in [0.29, 0.717) is 18.0 Å². The van der Waals surface area contributed by atoms with Crippen molar-refractivity contribution in [2.45, 2.75) is 25.4 Å². The molecule has 0 bridgehead atoms. The van der Waals surface area contributed by atoms with Crippen molar-refractivity contribution in [2.24, 2.45) is 0 Å². The summed E-state index contributed by atoms with van der Waals surface area (Å²) in [4.78, 5) is 12.0. The average Bonchev–Trinajstić information content (AvgIpc) is 3.18. The summed E-state index contributed by atoms with van der Waals surface area (Å²) in [6, 6.07) is 5.41. The summed E-state index contributed by atoms with van der Waals surface area (Å²) in [6.45, 7) is 0.391. The van der Waals surface area contributed by atoms with Crippen molar-refractivity contribution in [1.82, 2.24) is 9.62 Å². The number of hydrogen-bond acceptors (Lipinski definition) is 5. The molecule has 1 amide bonds. The zero-order chi connectivity index (χ0) is 15.7. The summed E-state index contributed by atoms with van der Waals surface area (Å²) < 4.78 is 35.1. The van der Waals surface area contributed by atoms with Gasteiger partial charge in [0.2, 0.25) is 22.7 Å². The van der Waals surface area contributed by atoms with Crippen LogP contribution >= 0.6 is 0 Å². The molecule has 1 aliphatic carbocycles. The first-order chi connectivity index (χ1) is 10.4. The van der Waals surface area contributed by atoms with Gasteiger partial charge in [0.05, 0.1) is 12.8 Å². The lowest BCUT2D eigenvalue weighted by atomic mass is 10.2. The Morgan fingerprint density at radius 3 is 2.73 bits per heavy atom. The number of ether oxygens (including phenoxy) is 2. The van der Waals surface area contributed by atoms with E-state index >= 15 is 0 Å². The number of benzene rings is 1. The highest BCUT2D eigenvalue weighted by atomic mass is 32.2. The molecular weight excluding hydrogens is 308 g/mol. The minimum absolute atomic E-state index is 0.0220. The highest BCUT2D eigenvalue weighted by molar-refractivity contribution is 7.88. The molecule has 2 aliphatic rings. The highest BCUT2D eigenvalue weighted by Crippen LogP contribution is 2.32. The highest BCUT2D eigenvalue weighted by Gasteiger charge is 2.36. The van der Waals surface area contributed by atoms with Crippen molar-refractivity contribution < 1.29 is 22.7 Å². The molecule has 0 atom stereocenters. The van der Waals surface area contributed by atoms with Crippen LogP contribution in [0, 0.1) is 0 Å². The van der Waals surface area contributed by atoms with Gasteiger partial charge in [0.25, 0.3) is 0 Å². The van der Waals surface area contributed by atoms with Crippen molar-refractivity contribution in [3.8, 4) is 11.5 Å². The van der Waals surface area contributed by atoms with E-state index < -0.39 is 10.0 Å². The molecule has 1 aromatic rings. The van der Waals surface area contributed by atoms with Crippen molar-refractivity contribution in [2.75, 3.05) is 19.6 Å². The number of amides is 1. The molecule has 3 rings (SSSR count). The van der Waals surface area contributed by atoms with E-state index in [9.17, 15) is 13.2 Å². The molecule has 0 spiro atoms. The second-order valence-corrected chi connectivity index (χ2v) is 7.44. The first-order valence-electron chi connectivity index (χ1n) is 7.05. The molecule has 1 N–H and O–H groups in total. The van der Waals surface area contributed by atoms with E-state index in [-0.39, 0.29) is 25.3 Å². The molecule has 0 saturated heterocycles. The lowest BCUT2D eigenvalue weighted by molar-refractivity contribution is -0.121. The lowest BCUT2D eigenvalue weighted by Crippen LogP contribution is -2.41. The van der Waals surface area contributed by atoms with Crippen molar-refractivity contribution in [1.29, 1.82) is 0 Å². The summed E-state index contributed by atoms with van der Waals surface area (Å²) in [5.74, 6) is 1.03. The van der Waals surface area contributed by atoms with E-state index in [0.717, 1.165) is 24.7 Å². The zero-order valence-corrected chi connectivity index (χ0v) is 13.1. The normalized spacial score (nSPS) is 16.8. The Morgan fingerprint density at radius 1 is 1.32 bits per heavy atom. The predicted octanol–water partition coefficient (Wildman–Crippen LogP) is 0.455. The minimum Gasteiger partial charge on any atom is -0.454 e. The molecule has 1 aliphatic heterocycles. The SMILES string of the molecule is CS(=O)(=O)N(CC(=O)NCc1ccc2c(c1)OCO2)C1CC1. The monoisotopic (exact) mass is 326 g/mol. The number of carbonyl (C=O) groups is 1. The van der Waals surface area contributed by atoms with E-state index in [2.05, 4.69) is 5.32 Å². The van der Waals surface area contributed by atoms with Gasteiger partial charge in [-0.2, -0.15) is 4.31 Å². The fourth-order valence-electron chi connectivity index (χ4n) is 2.33. The molecule has 1 heterocycles. The van der Waals surface area contributed by atoms with Gasteiger partial charge in [0.15, 0.2) is 11.5 Å². The van der Waals surface area contributed by atoms with Crippen LogP contribution in [0.15, 0.2) is 18.2 Å². The van der Waals surface area contributed by atoms with E-state index in [1.54, 1.807) is 12.1 Å². The Bertz CT molecular complexity index is 684. The number of nitrogens with zero attached hydrogens (tertiary/aromatic N) is 1. The average molecular weight is 326 g/mol. The number of fused-ring (bicyclic) bond motifs is 1. The third-order valence-electron chi connectivity index (χ3n) is 3.61. The number of carbonyl (C=O) groups excluding carboxylic acids is 1. The third-order valence-corrected chi connectivity index (χ3v) is 4.89. The molecular formula is C14H18N2O5S. The van der Waals surface area contributed by atoms with Crippen LogP contribution < -0.4 is 14.8 Å². The van der Waals surface area contributed by atoms with Crippen LogP contribution in [0.4, 0.5) is 0 Å². The lowest BCUT2D eigenvalue weighted by Gasteiger charge is -2.18. The zero-order valence-electron chi connectivity index (χ0n) is 12.2. The number of sulfonamides is 1. The summed E-state index contributed by atoms with van der Waals surface area (Å²) in [5.41, 5.74) is 0.870. The van der Waals surface area contributed by atoms with Crippen molar-refractivity contribution in [3.05, 3.63) is 23.8 Å². The maximum atomic E-state index is 12.0. The van der Waals surface area contributed by atoms with E-state index in [1.165, 1.54) is 4.31 Å². The molecule has 1 saturated carbocycles. The fraction of sp³-hybridized carbons (Fsp3) is 0.500. The second-order valence-electron chi connectivity index (χ2n) is 5.50. The molecule has 22 heavy (non-hydrogen) atoms. The minimum atomic E-state index is -3.35. The number of nitrogens with one attached hydrogen (secondary N) is 1. The smallest absolute Gasteiger partial charge is 0.235 e. The molecule has 8 heteroatoms. The topological polar surface area (TPSA) is 84.9 Å². The largest absolute Gasteiger partial charge is 0.454 e. The third kappa shape index (κ3) is 3.50. The molecule has 0 unspecified atom stereocenters. The van der Waals surface area contributed by atoms with Crippen LogP contribution in [0.1, 0.15) is 18.4 Å². The van der Waals surface area contributed by atoms with Gasteiger partial charge in [-0.3, -0.25) is 4.79 Å². The summed E-state index contributed by atoms with van der Waals surface area (Å²) in [7, 11) is -3.35. The Kier molecular flexibility index (Phi) is 3.96. The Balaban J connectivity index is 1.56. The van der Waals surface area contributed by atoms with Gasteiger partial charge in [0, 0.05) is 12.6 Å². The Morgan fingerprint density at radius 2 is 2.05 bits per heavy atom. The molecule has 0 radical (unpaired) electrons. The van der Waals surface area contributed by atoms with Crippen LogP contribution in [-0.2, 0) is 21.4 Å². The molecule has 7 nitrogen and oxygen atoms in total. The quantitative estimate of drug-likeness (QED) is 0.821. The molecule has 1 aromatic carbocycles. The summed E-state index contributed by atoms with van der Waals surface area (Å²) in [5, 5.41) is 2.73. The second kappa shape index (κ2) is 5.77. The Labute approximate surface area is 129 Å². The van der Waals surface area contributed by atoms with Crippen LogP contribution in [0.25, 0.3) is 0 Å². The maximum Gasteiger partial charge on any atom is 0.235 e.